The van der Waals surface area contributed by atoms with Gasteiger partial charge < -0.3 is 34.2 Å². The lowest BCUT2D eigenvalue weighted by Crippen LogP contribution is -2.70. The molecule has 0 unspecified atom stereocenters. The number of aromatic nitrogens is 1. The van der Waals surface area contributed by atoms with Crippen molar-refractivity contribution in [2.24, 2.45) is 22.9 Å². The zero-order valence-electron chi connectivity index (χ0n) is 39.0. The molecule has 1 aromatic heterocycles. The third-order valence-electron chi connectivity index (χ3n) is 13.6. The molecule has 0 radical (unpaired) electrons. The number of aryl methyl sites for hydroxylation is 1. The minimum Gasteiger partial charge on any atom is -0.487 e. The molecule has 356 valence electrons. The fraction of sp³-hybridized carbons (Fsp3) is 0.400. The Morgan fingerprint density at radius 2 is 1.74 bits per heavy atom. The minimum absolute atomic E-state index is 0.0182. The fourth-order valence-electron chi connectivity index (χ4n) is 10.6. The van der Waals surface area contributed by atoms with E-state index in [0.717, 1.165) is 59.0 Å². The zero-order chi connectivity index (χ0) is 47.6. The maximum atomic E-state index is 15.3. The monoisotopic (exact) mass is 922 g/mol. The van der Waals surface area contributed by atoms with E-state index in [2.05, 4.69) is 30.6 Å². The zero-order valence-corrected chi connectivity index (χ0v) is 39.0. The molecule has 8 rings (SSSR count). The van der Waals surface area contributed by atoms with E-state index in [1.807, 2.05) is 84.6 Å². The number of rotatable bonds is 22. The number of hydrogen-bond donors (Lipinski definition) is 2. The number of fused-ring (bicyclic) bond motifs is 3. The molecule has 13 heteroatoms. The average molecular weight is 923 g/mol. The van der Waals surface area contributed by atoms with Crippen LogP contribution in [-0.2, 0) is 22.8 Å². The Morgan fingerprint density at radius 1 is 0.956 bits per heavy atom. The number of carbonyl (C=O) groups is 1. The molecule has 1 saturated carbocycles. The van der Waals surface area contributed by atoms with Gasteiger partial charge in [-0.1, -0.05) is 73.5 Å². The topological polar surface area (TPSA) is 166 Å². The lowest BCUT2D eigenvalue weighted by atomic mass is 9.55. The molecule has 1 aliphatic heterocycles. The Bertz CT molecular complexity index is 2630. The van der Waals surface area contributed by atoms with Crippen molar-refractivity contribution in [3.05, 3.63) is 166 Å². The molecular weight excluding hydrogens is 861 g/mol. The summed E-state index contributed by atoms with van der Waals surface area (Å²) in [6, 6.07) is 31.1. The second-order valence-corrected chi connectivity index (χ2v) is 18.1. The third kappa shape index (κ3) is 10.3. The van der Waals surface area contributed by atoms with Crippen molar-refractivity contribution in [1.82, 2.24) is 9.88 Å². The average Bonchev–Trinajstić information content (AvgIpc) is 3.35. The first-order chi connectivity index (χ1) is 33.2. The summed E-state index contributed by atoms with van der Waals surface area (Å²) in [4.78, 5) is 39.1. The number of hydrogen-bond acceptors (Lipinski definition) is 11. The SMILES string of the molecule is C=CCO[C@@]12Oc3ccc(OCc4cccc(C)n4)cc3[C@H]3[C@H](CCCCO)[C@@H](CCCCO)C=C(C(=NOCc4ccc([N+](=O)[O-])cc4)C[C@@H]1N(CCC)C(=O)c1ccc4ccccc4c1)[C@H]32. The van der Waals surface area contributed by atoms with Crippen LogP contribution in [0.2, 0.25) is 0 Å². The van der Waals surface area contributed by atoms with Gasteiger partial charge in [0.15, 0.2) is 0 Å². The molecule has 3 aliphatic rings. The highest BCUT2D eigenvalue weighted by atomic mass is 16.7. The molecule has 5 aromatic rings. The predicted octanol–water partition coefficient (Wildman–Crippen LogP) is 10.4. The number of benzene rings is 4. The second-order valence-electron chi connectivity index (χ2n) is 18.1. The summed E-state index contributed by atoms with van der Waals surface area (Å²) in [5.74, 6) is -1.02. The largest absolute Gasteiger partial charge is 0.487 e. The summed E-state index contributed by atoms with van der Waals surface area (Å²) in [7, 11) is 0. The van der Waals surface area contributed by atoms with E-state index < -0.39 is 22.7 Å². The number of pyridine rings is 1. The first-order valence-electron chi connectivity index (χ1n) is 24.0. The molecule has 13 nitrogen and oxygen atoms in total. The number of nitro groups is 1. The van der Waals surface area contributed by atoms with Crippen molar-refractivity contribution in [2.45, 2.75) is 96.2 Å². The van der Waals surface area contributed by atoms with E-state index in [1.165, 1.54) is 12.1 Å². The molecule has 2 heterocycles. The number of nitro benzene ring substituents is 1. The number of oxime groups is 1. The Hall–Kier alpha value is -6.41. The lowest BCUT2D eigenvalue weighted by molar-refractivity contribution is -0.384. The van der Waals surface area contributed by atoms with Crippen molar-refractivity contribution in [3.63, 3.8) is 0 Å². The van der Waals surface area contributed by atoms with Crippen LogP contribution in [0.15, 0.2) is 133 Å². The van der Waals surface area contributed by atoms with E-state index >= 15 is 4.79 Å². The highest BCUT2D eigenvalue weighted by molar-refractivity contribution is 6.04. The molecule has 0 saturated heterocycles. The van der Waals surface area contributed by atoms with Gasteiger partial charge in [-0.3, -0.25) is 19.9 Å². The van der Waals surface area contributed by atoms with E-state index in [-0.39, 0.29) is 68.8 Å². The number of allylic oxidation sites excluding steroid dienone is 1. The summed E-state index contributed by atoms with van der Waals surface area (Å²) in [6.07, 6.45) is 9.35. The molecule has 1 amide bonds. The van der Waals surface area contributed by atoms with E-state index in [4.69, 9.17) is 24.2 Å². The first-order valence-corrected chi connectivity index (χ1v) is 24.0. The predicted molar refractivity (Wildman–Crippen MR) is 261 cm³/mol. The molecule has 0 spiro atoms. The molecule has 2 aliphatic carbocycles. The van der Waals surface area contributed by atoms with Crippen molar-refractivity contribution < 1.29 is 39.0 Å². The van der Waals surface area contributed by atoms with Gasteiger partial charge in [-0.05, 0) is 127 Å². The van der Waals surface area contributed by atoms with Crippen LogP contribution in [0.4, 0.5) is 5.69 Å². The highest BCUT2D eigenvalue weighted by Crippen LogP contribution is 2.62. The van der Waals surface area contributed by atoms with Crippen LogP contribution in [0.5, 0.6) is 11.5 Å². The van der Waals surface area contributed by atoms with Crippen molar-refractivity contribution in [3.8, 4) is 11.5 Å². The van der Waals surface area contributed by atoms with Gasteiger partial charge in [-0.2, -0.15) is 0 Å². The highest BCUT2D eigenvalue weighted by Gasteiger charge is 2.65. The van der Waals surface area contributed by atoms with E-state index in [9.17, 15) is 20.3 Å². The minimum atomic E-state index is -1.43. The van der Waals surface area contributed by atoms with Gasteiger partial charge in [0, 0.05) is 61.1 Å². The molecule has 0 bridgehead atoms. The second kappa shape index (κ2) is 22.1. The Labute approximate surface area is 398 Å². The van der Waals surface area contributed by atoms with Gasteiger partial charge in [-0.25, -0.2) is 0 Å². The molecule has 2 N–H and O–H groups in total. The summed E-state index contributed by atoms with van der Waals surface area (Å²) in [5.41, 5.74) is 5.44. The number of carbonyl (C=O) groups excluding carboxylic acids is 1. The maximum Gasteiger partial charge on any atom is 0.269 e. The van der Waals surface area contributed by atoms with Crippen LogP contribution >= 0.6 is 0 Å². The van der Waals surface area contributed by atoms with Gasteiger partial charge in [-0.15, -0.1) is 6.58 Å². The number of unbranched alkanes of at least 4 members (excludes halogenated alkanes) is 2. The van der Waals surface area contributed by atoms with Crippen LogP contribution in [-0.4, -0.2) is 74.8 Å². The van der Waals surface area contributed by atoms with Gasteiger partial charge in [0.2, 0.25) is 5.79 Å². The molecular formula is C55H62N4O9. The number of amides is 1. The van der Waals surface area contributed by atoms with Crippen LogP contribution < -0.4 is 9.47 Å². The van der Waals surface area contributed by atoms with E-state index in [1.54, 1.807) is 18.2 Å². The van der Waals surface area contributed by atoms with Gasteiger partial charge >= 0.3 is 0 Å². The molecule has 4 aromatic carbocycles. The summed E-state index contributed by atoms with van der Waals surface area (Å²) < 4.78 is 21.1. The Morgan fingerprint density at radius 3 is 2.47 bits per heavy atom. The van der Waals surface area contributed by atoms with Gasteiger partial charge in [0.25, 0.3) is 11.6 Å². The van der Waals surface area contributed by atoms with Gasteiger partial charge in [0.1, 0.15) is 30.8 Å². The number of non-ortho nitro benzene ring substituents is 1. The Kier molecular flexibility index (Phi) is 15.6. The van der Waals surface area contributed by atoms with Crippen molar-refractivity contribution in [1.29, 1.82) is 0 Å². The van der Waals surface area contributed by atoms with Crippen LogP contribution in [0.3, 0.4) is 0 Å². The van der Waals surface area contributed by atoms with Crippen LogP contribution in [0, 0.1) is 34.8 Å². The fourth-order valence-corrected chi connectivity index (χ4v) is 10.6. The normalized spacial score (nSPS) is 22.1. The smallest absolute Gasteiger partial charge is 0.269 e. The Balaban J connectivity index is 1.31. The summed E-state index contributed by atoms with van der Waals surface area (Å²) in [5, 5.41) is 38.4. The van der Waals surface area contributed by atoms with Crippen LogP contribution in [0.25, 0.3) is 10.8 Å². The standard InChI is InChI=1S/C55H62N4O9/c1-4-27-58(54(62)42-22-21-39-14-6-7-15-40(39)31-42)51-34-49(57-67-35-38-19-23-44(24-20-38)59(63)64)47-32-41(16-8-10-28-60)46(18-9-11-29-61)52-48-33-45(65-36-43-17-12-13-37(3)56-43)25-26-50(48)68-55(51,53(47)52)66-30-5-2/h5-7,12-15,17,19-26,31-33,41,46,51-53,60-61H,2,4,8-11,16,18,27-30,34-36H2,1,3H3/t41-,46+,51-,52+,53+,55+/m0/s1. The number of ether oxygens (including phenoxy) is 3. The number of aliphatic hydroxyl groups is 2. The quantitative estimate of drug-likeness (QED) is 0.0295. The number of nitrogens with zero attached hydrogens (tertiary/aromatic N) is 4. The lowest BCUT2D eigenvalue weighted by Gasteiger charge is -2.60. The summed E-state index contributed by atoms with van der Waals surface area (Å²) >= 11 is 0. The van der Waals surface area contributed by atoms with Gasteiger partial charge in [0.05, 0.1) is 28.9 Å². The maximum absolute atomic E-state index is 15.3. The van der Waals surface area contributed by atoms with E-state index in [0.29, 0.717) is 54.1 Å². The first kappa shape index (κ1) is 48.1. The molecule has 68 heavy (non-hydrogen) atoms. The third-order valence-corrected chi connectivity index (χ3v) is 13.6. The number of aliphatic hydroxyl groups excluding tert-OH is 2. The van der Waals surface area contributed by atoms with Crippen LogP contribution in [0.1, 0.15) is 97.1 Å². The van der Waals surface area contributed by atoms with Crippen molar-refractivity contribution >= 4 is 28.1 Å². The molecule has 1 fully saturated rings. The van der Waals surface area contributed by atoms with Crippen molar-refractivity contribution in [2.75, 3.05) is 26.4 Å². The summed E-state index contributed by atoms with van der Waals surface area (Å²) in [6.45, 7) is 9.08. The molecule has 6 atom stereocenters.